The van der Waals surface area contributed by atoms with Crippen LogP contribution in [0.1, 0.15) is 37.7 Å². The zero-order chi connectivity index (χ0) is 19.3. The normalized spacial score (nSPS) is 18.9. The Bertz CT molecular complexity index is 1170. The van der Waals surface area contributed by atoms with Crippen molar-refractivity contribution >= 4 is 33.7 Å². The first-order chi connectivity index (χ1) is 13.6. The van der Waals surface area contributed by atoms with Crippen LogP contribution in [0.15, 0.2) is 51.7 Å². The van der Waals surface area contributed by atoms with Crippen molar-refractivity contribution in [2.75, 3.05) is 0 Å². The molecule has 3 aromatic rings. The summed E-state index contributed by atoms with van der Waals surface area (Å²) in [7, 11) is 0. The highest BCUT2D eigenvalue weighted by atomic mass is 16.4. The number of urea groups is 1. The molecule has 2 aromatic carbocycles. The number of carbonyl (C=O) groups excluding carboxylic acids is 2. The maximum atomic E-state index is 13.1. The molecule has 1 spiro atoms. The number of amides is 3. The second-order valence-corrected chi connectivity index (χ2v) is 7.71. The van der Waals surface area contributed by atoms with Gasteiger partial charge in [-0.15, -0.1) is 0 Å². The zero-order valence-corrected chi connectivity index (χ0v) is 15.4. The van der Waals surface area contributed by atoms with Crippen LogP contribution in [0.25, 0.3) is 21.7 Å². The van der Waals surface area contributed by atoms with E-state index in [1.807, 2.05) is 30.3 Å². The van der Waals surface area contributed by atoms with Crippen LogP contribution in [0.5, 0.6) is 0 Å². The van der Waals surface area contributed by atoms with Gasteiger partial charge in [-0.1, -0.05) is 49.6 Å². The van der Waals surface area contributed by atoms with E-state index in [2.05, 4.69) is 5.32 Å². The van der Waals surface area contributed by atoms with Crippen molar-refractivity contribution in [3.05, 3.63) is 58.4 Å². The molecule has 1 saturated heterocycles. The number of imide groups is 1. The standard InChI is InChI=1S/C22H20N2O4/c25-18-12-15(19-16-7-3-2-6-14(16)8-9-17(19)28-18)13-24-20(26)22(23-21(24)27)10-4-1-5-11-22/h2-3,6-9,12H,1,4-5,10-11,13H2,(H,23,27). The van der Waals surface area contributed by atoms with Gasteiger partial charge in [0, 0.05) is 11.5 Å². The molecule has 142 valence electrons. The first-order valence-corrected chi connectivity index (χ1v) is 9.66. The number of fused-ring (bicyclic) bond motifs is 3. The van der Waals surface area contributed by atoms with Gasteiger partial charge in [-0.25, -0.2) is 9.59 Å². The van der Waals surface area contributed by atoms with Crippen LogP contribution in [0, 0.1) is 0 Å². The Balaban J connectivity index is 1.62. The lowest BCUT2D eigenvalue weighted by Crippen LogP contribution is -2.48. The first-order valence-electron chi connectivity index (χ1n) is 9.66. The van der Waals surface area contributed by atoms with Crippen molar-refractivity contribution in [2.45, 2.75) is 44.2 Å². The summed E-state index contributed by atoms with van der Waals surface area (Å²) in [6.45, 7) is 0.0581. The summed E-state index contributed by atoms with van der Waals surface area (Å²) < 4.78 is 5.38. The van der Waals surface area contributed by atoms with Crippen molar-refractivity contribution in [3.8, 4) is 0 Å². The summed E-state index contributed by atoms with van der Waals surface area (Å²) in [5, 5.41) is 5.63. The van der Waals surface area contributed by atoms with Crippen LogP contribution in [-0.2, 0) is 11.3 Å². The highest BCUT2D eigenvalue weighted by Gasteiger charge is 2.51. The van der Waals surface area contributed by atoms with E-state index >= 15 is 0 Å². The molecule has 1 N–H and O–H groups in total. The molecule has 0 radical (unpaired) electrons. The summed E-state index contributed by atoms with van der Waals surface area (Å²) in [5.74, 6) is -0.182. The first kappa shape index (κ1) is 17.0. The molecular formula is C22H20N2O4. The lowest BCUT2D eigenvalue weighted by Gasteiger charge is -2.30. The van der Waals surface area contributed by atoms with Crippen LogP contribution in [0.3, 0.4) is 0 Å². The molecule has 2 fully saturated rings. The molecule has 28 heavy (non-hydrogen) atoms. The van der Waals surface area contributed by atoms with Crippen LogP contribution in [-0.4, -0.2) is 22.4 Å². The molecule has 0 bridgehead atoms. The van der Waals surface area contributed by atoms with Crippen LogP contribution < -0.4 is 10.9 Å². The van der Waals surface area contributed by atoms with Gasteiger partial charge < -0.3 is 9.73 Å². The lowest BCUT2D eigenvalue weighted by molar-refractivity contribution is -0.132. The fourth-order valence-corrected chi connectivity index (χ4v) is 4.63. The Morgan fingerprint density at radius 1 is 1.00 bits per heavy atom. The van der Waals surface area contributed by atoms with Gasteiger partial charge >= 0.3 is 11.7 Å². The molecule has 1 aromatic heterocycles. The number of benzene rings is 2. The van der Waals surface area contributed by atoms with E-state index in [0.717, 1.165) is 35.4 Å². The minimum atomic E-state index is -0.771. The number of rotatable bonds is 2. The minimum Gasteiger partial charge on any atom is -0.423 e. The summed E-state index contributed by atoms with van der Waals surface area (Å²) in [6.07, 6.45) is 4.30. The van der Waals surface area contributed by atoms with Crippen LogP contribution in [0.2, 0.25) is 0 Å². The van der Waals surface area contributed by atoms with Gasteiger partial charge in [0.1, 0.15) is 11.1 Å². The number of hydrogen-bond donors (Lipinski definition) is 1. The third-order valence-electron chi connectivity index (χ3n) is 6.00. The average Bonchev–Trinajstić information content (AvgIpc) is 2.92. The lowest BCUT2D eigenvalue weighted by atomic mass is 9.82. The molecule has 5 rings (SSSR count). The van der Waals surface area contributed by atoms with E-state index in [1.165, 1.54) is 11.0 Å². The fourth-order valence-electron chi connectivity index (χ4n) is 4.63. The third-order valence-corrected chi connectivity index (χ3v) is 6.00. The predicted octanol–water partition coefficient (Wildman–Crippen LogP) is 3.70. The van der Waals surface area contributed by atoms with E-state index in [4.69, 9.17) is 4.42 Å². The molecule has 6 nitrogen and oxygen atoms in total. The van der Waals surface area contributed by atoms with E-state index < -0.39 is 11.2 Å². The molecule has 1 saturated carbocycles. The molecule has 6 heteroatoms. The second kappa shape index (κ2) is 6.19. The highest BCUT2D eigenvalue weighted by molar-refractivity contribution is 6.09. The summed E-state index contributed by atoms with van der Waals surface area (Å²) in [5.41, 5.74) is -0.176. The Kier molecular flexibility index (Phi) is 3.75. The van der Waals surface area contributed by atoms with E-state index in [1.54, 1.807) is 6.07 Å². The molecule has 3 amide bonds. The highest BCUT2D eigenvalue weighted by Crippen LogP contribution is 2.35. The van der Waals surface area contributed by atoms with E-state index in [0.29, 0.717) is 24.0 Å². The summed E-state index contributed by atoms with van der Waals surface area (Å²) in [4.78, 5) is 39.1. The quantitative estimate of drug-likeness (QED) is 0.420. The van der Waals surface area contributed by atoms with E-state index in [-0.39, 0.29) is 18.5 Å². The molecule has 2 heterocycles. The Labute approximate surface area is 161 Å². The average molecular weight is 376 g/mol. The largest absolute Gasteiger partial charge is 0.423 e. The van der Waals surface area contributed by atoms with Gasteiger partial charge in [-0.05, 0) is 35.2 Å². The summed E-state index contributed by atoms with van der Waals surface area (Å²) >= 11 is 0. The molecule has 2 aliphatic rings. The van der Waals surface area contributed by atoms with Gasteiger partial charge in [-0.3, -0.25) is 9.69 Å². The van der Waals surface area contributed by atoms with Crippen LogP contribution >= 0.6 is 0 Å². The van der Waals surface area contributed by atoms with Crippen molar-refractivity contribution in [1.29, 1.82) is 0 Å². The van der Waals surface area contributed by atoms with Gasteiger partial charge in [-0.2, -0.15) is 0 Å². The van der Waals surface area contributed by atoms with Gasteiger partial charge in [0.15, 0.2) is 0 Å². The van der Waals surface area contributed by atoms with Gasteiger partial charge in [0.2, 0.25) is 0 Å². The molecule has 0 atom stereocenters. The Hall–Kier alpha value is -3.15. The fraction of sp³-hybridized carbons (Fsp3) is 0.318. The van der Waals surface area contributed by atoms with Crippen molar-refractivity contribution in [3.63, 3.8) is 0 Å². The van der Waals surface area contributed by atoms with Gasteiger partial charge in [0.25, 0.3) is 5.91 Å². The van der Waals surface area contributed by atoms with Crippen molar-refractivity contribution < 1.29 is 14.0 Å². The SMILES string of the molecule is O=C1NC2(CCCCC2)C(=O)N1Cc1cc(=O)oc2ccc3ccccc3c12. The van der Waals surface area contributed by atoms with Crippen LogP contribution in [0.4, 0.5) is 4.79 Å². The van der Waals surface area contributed by atoms with Crippen molar-refractivity contribution in [2.24, 2.45) is 0 Å². The number of nitrogens with zero attached hydrogens (tertiary/aromatic N) is 1. The Morgan fingerprint density at radius 3 is 2.61 bits per heavy atom. The number of hydrogen-bond acceptors (Lipinski definition) is 4. The number of carbonyl (C=O) groups is 2. The number of nitrogens with one attached hydrogen (secondary N) is 1. The predicted molar refractivity (Wildman–Crippen MR) is 105 cm³/mol. The minimum absolute atomic E-state index is 0.0581. The van der Waals surface area contributed by atoms with Gasteiger partial charge in [0.05, 0.1) is 6.54 Å². The molecule has 1 aliphatic heterocycles. The van der Waals surface area contributed by atoms with Crippen molar-refractivity contribution in [1.82, 2.24) is 10.2 Å². The zero-order valence-electron chi connectivity index (χ0n) is 15.4. The maximum Gasteiger partial charge on any atom is 0.336 e. The maximum absolute atomic E-state index is 13.1. The molecule has 1 aliphatic carbocycles. The third kappa shape index (κ3) is 2.52. The molecule has 0 unspecified atom stereocenters. The monoisotopic (exact) mass is 376 g/mol. The molecular weight excluding hydrogens is 356 g/mol. The Morgan fingerprint density at radius 2 is 1.79 bits per heavy atom. The second-order valence-electron chi connectivity index (χ2n) is 7.71. The summed E-state index contributed by atoms with van der Waals surface area (Å²) in [6, 6.07) is 12.5. The smallest absolute Gasteiger partial charge is 0.336 e. The van der Waals surface area contributed by atoms with E-state index in [9.17, 15) is 14.4 Å². The topological polar surface area (TPSA) is 79.6 Å².